The van der Waals surface area contributed by atoms with E-state index in [4.69, 9.17) is 5.11 Å². The zero-order valence-corrected chi connectivity index (χ0v) is 12.2. The van der Waals surface area contributed by atoms with Gasteiger partial charge in [0, 0.05) is 0 Å². The SMILES string of the molecule is CCC(CC)C(O)(CC(=O)O)c1cc(C)ccc1C. The van der Waals surface area contributed by atoms with E-state index in [2.05, 4.69) is 0 Å². The van der Waals surface area contributed by atoms with Gasteiger partial charge in [-0.15, -0.1) is 0 Å². The van der Waals surface area contributed by atoms with Crippen molar-refractivity contribution in [1.29, 1.82) is 0 Å². The maximum Gasteiger partial charge on any atom is 0.306 e. The molecule has 0 aliphatic rings. The molecule has 1 unspecified atom stereocenters. The summed E-state index contributed by atoms with van der Waals surface area (Å²) < 4.78 is 0. The van der Waals surface area contributed by atoms with Gasteiger partial charge < -0.3 is 10.2 Å². The molecule has 0 aromatic heterocycles. The zero-order valence-electron chi connectivity index (χ0n) is 12.2. The third-order valence-electron chi connectivity index (χ3n) is 3.94. The second-order valence-electron chi connectivity index (χ2n) is 5.33. The molecule has 0 radical (unpaired) electrons. The van der Waals surface area contributed by atoms with Gasteiger partial charge >= 0.3 is 5.97 Å². The number of carboxylic acid groups (broad SMARTS) is 1. The fourth-order valence-corrected chi connectivity index (χ4v) is 2.86. The van der Waals surface area contributed by atoms with Crippen LogP contribution in [0.1, 0.15) is 49.8 Å². The highest BCUT2D eigenvalue weighted by Crippen LogP contribution is 2.39. The number of carboxylic acids is 1. The molecule has 2 N–H and O–H groups in total. The largest absolute Gasteiger partial charge is 0.481 e. The average molecular weight is 264 g/mol. The van der Waals surface area contributed by atoms with E-state index < -0.39 is 11.6 Å². The number of carbonyl (C=O) groups is 1. The Hall–Kier alpha value is -1.35. The molecule has 19 heavy (non-hydrogen) atoms. The first-order chi connectivity index (χ1) is 8.85. The number of aliphatic carboxylic acids is 1. The fourth-order valence-electron chi connectivity index (χ4n) is 2.86. The summed E-state index contributed by atoms with van der Waals surface area (Å²) >= 11 is 0. The monoisotopic (exact) mass is 264 g/mol. The molecule has 0 saturated heterocycles. The lowest BCUT2D eigenvalue weighted by Crippen LogP contribution is -2.37. The quantitative estimate of drug-likeness (QED) is 0.828. The molecule has 1 rings (SSSR count). The molecule has 106 valence electrons. The molecule has 0 bridgehead atoms. The van der Waals surface area contributed by atoms with Gasteiger partial charge in [0.25, 0.3) is 0 Å². The molecular formula is C16H24O3. The molecular weight excluding hydrogens is 240 g/mol. The average Bonchev–Trinajstić information content (AvgIpc) is 2.32. The molecule has 0 heterocycles. The van der Waals surface area contributed by atoms with Gasteiger partial charge in [0.05, 0.1) is 6.42 Å². The van der Waals surface area contributed by atoms with Crippen LogP contribution in [0.15, 0.2) is 18.2 Å². The van der Waals surface area contributed by atoms with E-state index >= 15 is 0 Å². The van der Waals surface area contributed by atoms with Gasteiger partial charge in [0.15, 0.2) is 0 Å². The summed E-state index contributed by atoms with van der Waals surface area (Å²) in [5, 5.41) is 20.2. The number of rotatable bonds is 6. The van der Waals surface area contributed by atoms with Crippen molar-refractivity contribution in [3.8, 4) is 0 Å². The highest BCUT2D eigenvalue weighted by atomic mass is 16.4. The minimum Gasteiger partial charge on any atom is -0.481 e. The molecule has 0 saturated carbocycles. The standard InChI is InChI=1S/C16H24O3/c1-5-13(6-2)16(19,10-15(17)18)14-9-11(3)7-8-12(14)4/h7-9,13,19H,5-6,10H2,1-4H3,(H,17,18). The van der Waals surface area contributed by atoms with E-state index in [-0.39, 0.29) is 12.3 Å². The second kappa shape index (κ2) is 6.20. The van der Waals surface area contributed by atoms with Crippen LogP contribution in [-0.4, -0.2) is 16.2 Å². The molecule has 1 aromatic rings. The highest BCUT2D eigenvalue weighted by molar-refractivity contribution is 5.69. The Bertz CT molecular complexity index is 449. The normalized spacial score (nSPS) is 14.4. The summed E-state index contributed by atoms with van der Waals surface area (Å²) in [4.78, 5) is 11.2. The molecule has 0 aliphatic heterocycles. The molecule has 1 aromatic carbocycles. The first-order valence-electron chi connectivity index (χ1n) is 6.87. The highest BCUT2D eigenvalue weighted by Gasteiger charge is 2.39. The van der Waals surface area contributed by atoms with Crippen LogP contribution in [0, 0.1) is 19.8 Å². The third kappa shape index (κ3) is 3.35. The Morgan fingerprint density at radius 1 is 1.26 bits per heavy atom. The Balaban J connectivity index is 3.37. The Morgan fingerprint density at radius 3 is 2.32 bits per heavy atom. The smallest absolute Gasteiger partial charge is 0.306 e. The molecule has 0 fully saturated rings. The zero-order chi connectivity index (χ0) is 14.6. The Morgan fingerprint density at radius 2 is 1.84 bits per heavy atom. The van der Waals surface area contributed by atoms with Gasteiger partial charge in [-0.2, -0.15) is 0 Å². The third-order valence-corrected chi connectivity index (χ3v) is 3.94. The topological polar surface area (TPSA) is 57.5 Å². The van der Waals surface area contributed by atoms with E-state index in [9.17, 15) is 9.90 Å². The molecule has 0 aliphatic carbocycles. The molecule has 1 atom stereocenters. The molecule has 0 spiro atoms. The first-order valence-corrected chi connectivity index (χ1v) is 6.87. The second-order valence-corrected chi connectivity index (χ2v) is 5.33. The van der Waals surface area contributed by atoms with Gasteiger partial charge in [-0.05, 0) is 30.9 Å². The van der Waals surface area contributed by atoms with Crippen LogP contribution in [0.3, 0.4) is 0 Å². The summed E-state index contributed by atoms with van der Waals surface area (Å²) in [7, 11) is 0. The summed E-state index contributed by atoms with van der Waals surface area (Å²) in [5.74, 6) is -1.01. The minimum absolute atomic E-state index is 0.0518. The lowest BCUT2D eigenvalue weighted by Gasteiger charge is -2.36. The lowest BCUT2D eigenvalue weighted by molar-refractivity contribution is -0.146. The van der Waals surface area contributed by atoms with Crippen LogP contribution < -0.4 is 0 Å². The van der Waals surface area contributed by atoms with Crippen LogP contribution in [0.2, 0.25) is 0 Å². The summed E-state index contributed by atoms with van der Waals surface area (Å²) in [6, 6.07) is 5.84. The minimum atomic E-state index is -1.29. The van der Waals surface area contributed by atoms with Crippen molar-refractivity contribution in [2.45, 2.75) is 52.6 Å². The number of aryl methyl sites for hydroxylation is 2. The van der Waals surface area contributed by atoms with Gasteiger partial charge in [-0.3, -0.25) is 4.79 Å². The van der Waals surface area contributed by atoms with E-state index in [1.807, 2.05) is 45.9 Å². The summed E-state index contributed by atoms with van der Waals surface area (Å²) in [6.45, 7) is 7.86. The van der Waals surface area contributed by atoms with Crippen molar-refractivity contribution < 1.29 is 15.0 Å². The van der Waals surface area contributed by atoms with Crippen molar-refractivity contribution >= 4 is 5.97 Å². The van der Waals surface area contributed by atoms with Gasteiger partial charge in [-0.1, -0.05) is 50.5 Å². The van der Waals surface area contributed by atoms with Gasteiger partial charge in [0.1, 0.15) is 5.60 Å². The summed E-state index contributed by atoms with van der Waals surface area (Å²) in [5.41, 5.74) is 1.45. The van der Waals surface area contributed by atoms with E-state index in [0.29, 0.717) is 0 Å². The predicted molar refractivity (Wildman–Crippen MR) is 76.1 cm³/mol. The van der Waals surface area contributed by atoms with Crippen LogP contribution >= 0.6 is 0 Å². The number of hydrogen-bond donors (Lipinski definition) is 2. The van der Waals surface area contributed by atoms with Crippen molar-refractivity contribution in [1.82, 2.24) is 0 Å². The van der Waals surface area contributed by atoms with E-state index in [1.54, 1.807) is 0 Å². The van der Waals surface area contributed by atoms with Crippen LogP contribution in [0.4, 0.5) is 0 Å². The van der Waals surface area contributed by atoms with Crippen molar-refractivity contribution in [2.75, 3.05) is 0 Å². The maximum absolute atomic E-state index is 11.2. The van der Waals surface area contributed by atoms with Crippen molar-refractivity contribution in [3.05, 3.63) is 34.9 Å². The molecule has 3 nitrogen and oxygen atoms in total. The maximum atomic E-state index is 11.2. The number of hydrogen-bond acceptors (Lipinski definition) is 2. The Labute approximate surface area is 115 Å². The first kappa shape index (κ1) is 15.7. The van der Waals surface area contributed by atoms with Crippen LogP contribution in [0.5, 0.6) is 0 Å². The van der Waals surface area contributed by atoms with Crippen LogP contribution in [0.25, 0.3) is 0 Å². The van der Waals surface area contributed by atoms with E-state index in [0.717, 1.165) is 29.5 Å². The number of aliphatic hydroxyl groups is 1. The Kier molecular flexibility index (Phi) is 5.12. The van der Waals surface area contributed by atoms with Gasteiger partial charge in [0.2, 0.25) is 0 Å². The van der Waals surface area contributed by atoms with E-state index in [1.165, 1.54) is 0 Å². The predicted octanol–water partition coefficient (Wildman–Crippen LogP) is 3.40. The fraction of sp³-hybridized carbons (Fsp3) is 0.562. The van der Waals surface area contributed by atoms with Crippen molar-refractivity contribution in [2.24, 2.45) is 5.92 Å². The molecule has 3 heteroatoms. The van der Waals surface area contributed by atoms with Crippen molar-refractivity contribution in [3.63, 3.8) is 0 Å². The van der Waals surface area contributed by atoms with Gasteiger partial charge in [-0.25, -0.2) is 0 Å². The summed E-state index contributed by atoms with van der Waals surface area (Å²) in [6.07, 6.45) is 1.27. The lowest BCUT2D eigenvalue weighted by atomic mass is 9.74. The number of benzene rings is 1. The van der Waals surface area contributed by atoms with Crippen LogP contribution in [-0.2, 0) is 10.4 Å². The molecule has 0 amide bonds.